The summed E-state index contributed by atoms with van der Waals surface area (Å²) < 4.78 is 1.04. The molecule has 0 heterocycles. The third-order valence-corrected chi connectivity index (χ3v) is 2.39. The Hall–Kier alpha value is -0.380. The molecule has 0 bridgehead atoms. The van der Waals surface area contributed by atoms with E-state index in [4.69, 9.17) is 10.8 Å². The van der Waals surface area contributed by atoms with Gasteiger partial charge in [-0.25, -0.2) is 0 Å². The topological polar surface area (TPSA) is 46.2 Å². The minimum absolute atomic E-state index is 0.0683. The van der Waals surface area contributed by atoms with E-state index in [-0.39, 0.29) is 12.6 Å². The van der Waals surface area contributed by atoms with Gasteiger partial charge in [-0.05, 0) is 36.6 Å². The van der Waals surface area contributed by atoms with Crippen molar-refractivity contribution in [3.05, 3.63) is 33.8 Å². The first-order chi connectivity index (χ1) is 6.13. The van der Waals surface area contributed by atoms with Crippen LogP contribution in [0, 0.1) is 6.92 Å². The van der Waals surface area contributed by atoms with Crippen molar-refractivity contribution < 1.29 is 5.11 Å². The van der Waals surface area contributed by atoms with Gasteiger partial charge in [0.05, 0.1) is 0 Å². The number of aryl methyl sites for hydroxylation is 1. The average molecular weight is 244 g/mol. The lowest BCUT2D eigenvalue weighted by Gasteiger charge is -2.11. The summed E-state index contributed by atoms with van der Waals surface area (Å²) in [4.78, 5) is 0. The zero-order valence-electron chi connectivity index (χ0n) is 7.63. The Bertz CT molecular complexity index is 268. The normalized spacial score (nSPS) is 12.9. The smallest absolute Gasteiger partial charge is 0.0449 e. The molecule has 0 aliphatic heterocycles. The molecule has 0 fully saturated rings. The standard InChI is InChI=1S/C10H14BrNO/c1-7-4-8(6-9(11)5-7)10(12)2-3-13/h4-6,10,13H,2-3,12H2,1H3. The summed E-state index contributed by atoms with van der Waals surface area (Å²) in [7, 11) is 0. The second kappa shape index (κ2) is 4.74. The van der Waals surface area contributed by atoms with Crippen LogP contribution in [-0.2, 0) is 0 Å². The number of aliphatic hydroxyl groups excluding tert-OH is 1. The van der Waals surface area contributed by atoms with Crippen molar-refractivity contribution in [1.82, 2.24) is 0 Å². The van der Waals surface area contributed by atoms with Crippen LogP contribution in [0.1, 0.15) is 23.6 Å². The number of hydrogen-bond acceptors (Lipinski definition) is 2. The minimum atomic E-state index is -0.0683. The van der Waals surface area contributed by atoms with Gasteiger partial charge in [-0.3, -0.25) is 0 Å². The number of hydrogen-bond donors (Lipinski definition) is 2. The van der Waals surface area contributed by atoms with Crippen LogP contribution in [0.15, 0.2) is 22.7 Å². The van der Waals surface area contributed by atoms with E-state index in [1.54, 1.807) is 0 Å². The number of benzene rings is 1. The lowest BCUT2D eigenvalue weighted by atomic mass is 10.0. The fourth-order valence-electron chi connectivity index (χ4n) is 1.28. The molecule has 3 N–H and O–H groups in total. The molecule has 0 saturated heterocycles. The highest BCUT2D eigenvalue weighted by atomic mass is 79.9. The van der Waals surface area contributed by atoms with Gasteiger partial charge in [0.2, 0.25) is 0 Å². The fraction of sp³-hybridized carbons (Fsp3) is 0.400. The third kappa shape index (κ3) is 3.10. The van der Waals surface area contributed by atoms with Crippen LogP contribution >= 0.6 is 15.9 Å². The van der Waals surface area contributed by atoms with Gasteiger partial charge in [0.15, 0.2) is 0 Å². The van der Waals surface area contributed by atoms with Crippen LogP contribution in [0.25, 0.3) is 0 Å². The van der Waals surface area contributed by atoms with Gasteiger partial charge in [0.1, 0.15) is 0 Å². The Morgan fingerprint density at radius 2 is 2.15 bits per heavy atom. The Morgan fingerprint density at radius 3 is 2.69 bits per heavy atom. The Balaban J connectivity index is 2.87. The van der Waals surface area contributed by atoms with Crippen molar-refractivity contribution in [2.45, 2.75) is 19.4 Å². The van der Waals surface area contributed by atoms with Gasteiger partial charge < -0.3 is 10.8 Å². The Morgan fingerprint density at radius 1 is 1.46 bits per heavy atom. The lowest BCUT2D eigenvalue weighted by molar-refractivity contribution is 0.276. The van der Waals surface area contributed by atoms with Gasteiger partial charge in [-0.2, -0.15) is 0 Å². The Labute approximate surface area is 86.9 Å². The molecule has 1 atom stereocenters. The Kier molecular flexibility index (Phi) is 3.90. The molecule has 0 saturated carbocycles. The number of rotatable bonds is 3. The number of halogens is 1. The van der Waals surface area contributed by atoms with E-state index in [1.165, 1.54) is 5.56 Å². The van der Waals surface area contributed by atoms with Crippen LogP contribution in [0.5, 0.6) is 0 Å². The summed E-state index contributed by atoms with van der Waals surface area (Å²) in [6.45, 7) is 2.16. The molecule has 0 aromatic heterocycles. The molecule has 1 aromatic rings. The van der Waals surface area contributed by atoms with Crippen molar-refractivity contribution in [2.24, 2.45) is 5.73 Å². The van der Waals surface area contributed by atoms with Crippen molar-refractivity contribution in [3.63, 3.8) is 0 Å². The molecule has 13 heavy (non-hydrogen) atoms. The molecular weight excluding hydrogens is 230 g/mol. The maximum Gasteiger partial charge on any atom is 0.0449 e. The summed E-state index contributed by atoms with van der Waals surface area (Å²) in [6.07, 6.45) is 0.607. The summed E-state index contributed by atoms with van der Waals surface area (Å²) in [5.74, 6) is 0. The molecule has 0 aliphatic rings. The third-order valence-electron chi connectivity index (χ3n) is 1.93. The maximum atomic E-state index is 8.74. The second-order valence-corrected chi connectivity index (χ2v) is 4.10. The van der Waals surface area contributed by atoms with Crippen LogP contribution < -0.4 is 5.73 Å². The van der Waals surface area contributed by atoms with E-state index >= 15 is 0 Å². The molecule has 1 unspecified atom stereocenters. The van der Waals surface area contributed by atoms with Crippen molar-refractivity contribution in [2.75, 3.05) is 6.61 Å². The summed E-state index contributed by atoms with van der Waals surface area (Å²) in [5, 5.41) is 8.74. The SMILES string of the molecule is Cc1cc(Br)cc(C(N)CCO)c1. The first-order valence-corrected chi connectivity index (χ1v) is 5.06. The highest BCUT2D eigenvalue weighted by molar-refractivity contribution is 9.10. The first kappa shape index (κ1) is 10.7. The zero-order valence-corrected chi connectivity index (χ0v) is 9.21. The van der Waals surface area contributed by atoms with E-state index in [1.807, 2.05) is 25.1 Å². The van der Waals surface area contributed by atoms with Gasteiger partial charge >= 0.3 is 0 Å². The predicted octanol–water partition coefficient (Wildman–Crippen LogP) is 2.14. The number of nitrogens with two attached hydrogens (primary N) is 1. The first-order valence-electron chi connectivity index (χ1n) is 4.27. The van der Waals surface area contributed by atoms with Crippen LogP contribution in [-0.4, -0.2) is 11.7 Å². The van der Waals surface area contributed by atoms with Crippen molar-refractivity contribution in [3.8, 4) is 0 Å². The van der Waals surface area contributed by atoms with Gasteiger partial charge in [0, 0.05) is 17.1 Å². The van der Waals surface area contributed by atoms with E-state index in [0.29, 0.717) is 6.42 Å². The van der Waals surface area contributed by atoms with Crippen LogP contribution in [0.3, 0.4) is 0 Å². The summed E-state index contributed by atoms with van der Waals surface area (Å²) in [5.41, 5.74) is 8.11. The molecule has 3 heteroatoms. The molecule has 1 rings (SSSR count). The molecule has 2 nitrogen and oxygen atoms in total. The van der Waals surface area contributed by atoms with Gasteiger partial charge in [0.25, 0.3) is 0 Å². The van der Waals surface area contributed by atoms with E-state index < -0.39 is 0 Å². The fourth-order valence-corrected chi connectivity index (χ4v) is 1.91. The molecular formula is C10H14BrNO. The largest absolute Gasteiger partial charge is 0.396 e. The minimum Gasteiger partial charge on any atom is -0.396 e. The van der Waals surface area contributed by atoms with Crippen molar-refractivity contribution in [1.29, 1.82) is 0 Å². The van der Waals surface area contributed by atoms with Crippen LogP contribution in [0.4, 0.5) is 0 Å². The monoisotopic (exact) mass is 243 g/mol. The molecule has 72 valence electrons. The van der Waals surface area contributed by atoms with Gasteiger partial charge in [-0.15, -0.1) is 0 Å². The molecule has 0 radical (unpaired) electrons. The highest BCUT2D eigenvalue weighted by Crippen LogP contribution is 2.20. The molecule has 1 aromatic carbocycles. The summed E-state index contributed by atoms with van der Waals surface area (Å²) in [6, 6.07) is 6.01. The van der Waals surface area contributed by atoms with Crippen LogP contribution in [0.2, 0.25) is 0 Å². The van der Waals surface area contributed by atoms with Gasteiger partial charge in [-0.1, -0.05) is 22.0 Å². The average Bonchev–Trinajstić information content (AvgIpc) is 2.03. The second-order valence-electron chi connectivity index (χ2n) is 3.18. The molecule has 0 amide bonds. The number of aliphatic hydroxyl groups is 1. The predicted molar refractivity (Wildman–Crippen MR) is 57.5 cm³/mol. The van der Waals surface area contributed by atoms with E-state index in [9.17, 15) is 0 Å². The van der Waals surface area contributed by atoms with E-state index in [0.717, 1.165) is 10.0 Å². The maximum absolute atomic E-state index is 8.74. The zero-order chi connectivity index (χ0) is 9.84. The molecule has 0 aliphatic carbocycles. The quantitative estimate of drug-likeness (QED) is 0.855. The van der Waals surface area contributed by atoms with E-state index in [2.05, 4.69) is 15.9 Å². The molecule has 0 spiro atoms. The lowest BCUT2D eigenvalue weighted by Crippen LogP contribution is -2.11. The summed E-state index contributed by atoms with van der Waals surface area (Å²) >= 11 is 3.41. The van der Waals surface area contributed by atoms with Crippen molar-refractivity contribution >= 4 is 15.9 Å². The highest BCUT2D eigenvalue weighted by Gasteiger charge is 2.05.